The molecule has 2 heterocycles. The molecule has 0 spiro atoms. The second-order valence-electron chi connectivity index (χ2n) is 6.71. The van der Waals surface area contributed by atoms with Crippen molar-refractivity contribution < 1.29 is 14.3 Å². The SMILES string of the molecule is COc1ccc2[nH]cc(C=C3C(=O)Nc4cc(NC(=O)[C@@H](C)N)ccc43)c2c1. The highest BCUT2D eigenvalue weighted by atomic mass is 16.5. The standard InChI is InChI=1S/C21H20N4O3/c1-11(22)20(26)24-13-3-5-15-17(21(27)25-19(15)8-13)7-12-10-23-18-6-4-14(28-2)9-16(12)18/h3-11,23H,22H2,1-2H3,(H,24,26)(H,25,27)/t11-/m1/s1. The number of benzene rings is 2. The van der Waals surface area contributed by atoms with Crippen molar-refractivity contribution in [1.29, 1.82) is 0 Å². The van der Waals surface area contributed by atoms with E-state index in [0.29, 0.717) is 16.9 Å². The fourth-order valence-corrected chi connectivity index (χ4v) is 3.19. The van der Waals surface area contributed by atoms with E-state index in [-0.39, 0.29) is 11.8 Å². The summed E-state index contributed by atoms with van der Waals surface area (Å²) >= 11 is 0. The molecule has 0 saturated heterocycles. The van der Waals surface area contributed by atoms with E-state index in [2.05, 4.69) is 15.6 Å². The molecule has 2 aromatic carbocycles. The van der Waals surface area contributed by atoms with Gasteiger partial charge in [-0.15, -0.1) is 0 Å². The Morgan fingerprint density at radius 1 is 1.25 bits per heavy atom. The number of hydrogen-bond acceptors (Lipinski definition) is 4. The van der Waals surface area contributed by atoms with Crippen LogP contribution in [0.5, 0.6) is 5.75 Å². The lowest BCUT2D eigenvalue weighted by Gasteiger charge is -2.09. The van der Waals surface area contributed by atoms with Crippen molar-refractivity contribution in [3.05, 3.63) is 53.7 Å². The largest absolute Gasteiger partial charge is 0.497 e. The summed E-state index contributed by atoms with van der Waals surface area (Å²) < 4.78 is 5.30. The van der Waals surface area contributed by atoms with Crippen molar-refractivity contribution in [3.8, 4) is 5.75 Å². The summed E-state index contributed by atoms with van der Waals surface area (Å²) in [7, 11) is 1.62. The molecule has 0 bridgehead atoms. The lowest BCUT2D eigenvalue weighted by atomic mass is 10.0. The number of methoxy groups -OCH3 is 1. The number of carbonyl (C=O) groups excluding carboxylic acids is 2. The maximum absolute atomic E-state index is 12.5. The van der Waals surface area contributed by atoms with Crippen molar-refractivity contribution in [2.24, 2.45) is 5.73 Å². The zero-order valence-corrected chi connectivity index (χ0v) is 15.5. The number of rotatable bonds is 4. The topological polar surface area (TPSA) is 109 Å². The molecule has 142 valence electrons. The molecule has 0 fully saturated rings. The van der Waals surface area contributed by atoms with Crippen molar-refractivity contribution >= 4 is 45.7 Å². The molecule has 1 aliphatic rings. The Morgan fingerprint density at radius 2 is 2.07 bits per heavy atom. The van der Waals surface area contributed by atoms with Gasteiger partial charge in [0.2, 0.25) is 5.91 Å². The molecule has 4 rings (SSSR count). The summed E-state index contributed by atoms with van der Waals surface area (Å²) in [6.45, 7) is 1.61. The summed E-state index contributed by atoms with van der Waals surface area (Å²) in [4.78, 5) is 27.5. The van der Waals surface area contributed by atoms with Gasteiger partial charge >= 0.3 is 0 Å². The lowest BCUT2D eigenvalue weighted by Crippen LogP contribution is -2.32. The number of fused-ring (bicyclic) bond motifs is 2. The first-order chi connectivity index (χ1) is 13.5. The average Bonchev–Trinajstić information content (AvgIpc) is 3.22. The molecular weight excluding hydrogens is 356 g/mol. The molecule has 0 radical (unpaired) electrons. The van der Waals surface area contributed by atoms with Crippen LogP contribution in [0.4, 0.5) is 11.4 Å². The van der Waals surface area contributed by atoms with Crippen LogP contribution in [0.1, 0.15) is 18.1 Å². The maximum Gasteiger partial charge on any atom is 0.256 e. The molecule has 28 heavy (non-hydrogen) atoms. The molecule has 0 aliphatic carbocycles. The van der Waals surface area contributed by atoms with Crippen molar-refractivity contribution in [3.63, 3.8) is 0 Å². The Labute approximate surface area is 161 Å². The van der Waals surface area contributed by atoms with Crippen molar-refractivity contribution in [1.82, 2.24) is 4.98 Å². The van der Waals surface area contributed by atoms with E-state index in [1.165, 1.54) is 0 Å². The minimum atomic E-state index is -0.614. The number of ether oxygens (including phenoxy) is 1. The van der Waals surface area contributed by atoms with E-state index in [1.54, 1.807) is 26.2 Å². The van der Waals surface area contributed by atoms with Gasteiger partial charge in [-0.1, -0.05) is 6.07 Å². The Balaban J connectivity index is 1.71. The zero-order valence-electron chi connectivity index (χ0n) is 15.5. The zero-order chi connectivity index (χ0) is 19.8. The number of aromatic nitrogens is 1. The van der Waals surface area contributed by atoms with Gasteiger partial charge in [0.25, 0.3) is 5.91 Å². The highest BCUT2D eigenvalue weighted by molar-refractivity contribution is 6.35. The van der Waals surface area contributed by atoms with E-state index in [9.17, 15) is 9.59 Å². The Bertz CT molecular complexity index is 1130. The van der Waals surface area contributed by atoms with Crippen LogP contribution >= 0.6 is 0 Å². The molecule has 7 nitrogen and oxygen atoms in total. The predicted octanol–water partition coefficient (Wildman–Crippen LogP) is 2.95. The maximum atomic E-state index is 12.5. The van der Waals surface area contributed by atoms with Crippen molar-refractivity contribution in [2.45, 2.75) is 13.0 Å². The van der Waals surface area contributed by atoms with E-state index in [4.69, 9.17) is 10.5 Å². The van der Waals surface area contributed by atoms with Crippen LogP contribution in [-0.4, -0.2) is 29.9 Å². The first kappa shape index (κ1) is 17.8. The Hall–Kier alpha value is -3.58. The minimum Gasteiger partial charge on any atom is -0.497 e. The van der Waals surface area contributed by atoms with Crippen molar-refractivity contribution in [2.75, 3.05) is 17.7 Å². The normalized spacial score (nSPS) is 15.4. The molecule has 7 heteroatoms. The van der Waals surface area contributed by atoms with E-state index in [1.807, 2.05) is 36.5 Å². The van der Waals surface area contributed by atoms with Gasteiger partial charge in [-0.05, 0) is 43.3 Å². The van der Waals surface area contributed by atoms with Gasteiger partial charge in [-0.3, -0.25) is 9.59 Å². The molecule has 0 unspecified atom stereocenters. The number of anilines is 2. The van der Waals surface area contributed by atoms with Crippen LogP contribution in [0.2, 0.25) is 0 Å². The smallest absolute Gasteiger partial charge is 0.256 e. The second kappa shape index (κ2) is 6.86. The average molecular weight is 376 g/mol. The number of H-pyrrole nitrogens is 1. The highest BCUT2D eigenvalue weighted by Crippen LogP contribution is 2.36. The van der Waals surface area contributed by atoms with Crippen LogP contribution in [0.15, 0.2) is 42.6 Å². The number of carbonyl (C=O) groups is 2. The quantitative estimate of drug-likeness (QED) is 0.525. The van der Waals surface area contributed by atoms with Gasteiger partial charge in [-0.25, -0.2) is 0 Å². The van der Waals surface area contributed by atoms with Gasteiger partial charge < -0.3 is 26.1 Å². The van der Waals surface area contributed by atoms with E-state index >= 15 is 0 Å². The first-order valence-electron chi connectivity index (χ1n) is 8.85. The predicted molar refractivity (Wildman–Crippen MR) is 110 cm³/mol. The van der Waals surface area contributed by atoms with Gasteiger partial charge in [0.15, 0.2) is 0 Å². The number of nitrogens with two attached hydrogens (primary N) is 1. The fourth-order valence-electron chi connectivity index (χ4n) is 3.19. The van der Waals surface area contributed by atoms with E-state index in [0.717, 1.165) is 27.8 Å². The van der Waals surface area contributed by atoms with Gasteiger partial charge in [0.1, 0.15) is 5.75 Å². The highest BCUT2D eigenvalue weighted by Gasteiger charge is 2.25. The van der Waals surface area contributed by atoms with Crippen LogP contribution < -0.4 is 21.1 Å². The number of amides is 2. The van der Waals surface area contributed by atoms with Gasteiger partial charge in [0.05, 0.1) is 18.8 Å². The van der Waals surface area contributed by atoms with Crippen LogP contribution in [0.25, 0.3) is 22.6 Å². The lowest BCUT2D eigenvalue weighted by molar-refractivity contribution is -0.117. The molecule has 3 aromatic rings. The summed E-state index contributed by atoms with van der Waals surface area (Å²) in [5.74, 6) is 0.272. The fraction of sp³-hybridized carbons (Fsp3) is 0.143. The number of nitrogens with one attached hydrogen (secondary N) is 3. The van der Waals surface area contributed by atoms with Gasteiger partial charge in [0, 0.05) is 39.5 Å². The summed E-state index contributed by atoms with van der Waals surface area (Å²) in [6.07, 6.45) is 3.71. The Kier molecular flexibility index (Phi) is 4.37. The minimum absolute atomic E-state index is 0.192. The van der Waals surface area contributed by atoms with Crippen LogP contribution in [-0.2, 0) is 9.59 Å². The van der Waals surface area contributed by atoms with Crippen LogP contribution in [0.3, 0.4) is 0 Å². The monoisotopic (exact) mass is 376 g/mol. The summed E-state index contributed by atoms with van der Waals surface area (Å²) in [6, 6.07) is 10.4. The third-order valence-electron chi connectivity index (χ3n) is 4.70. The Morgan fingerprint density at radius 3 is 2.82 bits per heavy atom. The molecule has 1 atom stereocenters. The number of hydrogen-bond donors (Lipinski definition) is 4. The first-order valence-corrected chi connectivity index (χ1v) is 8.85. The molecular formula is C21H20N4O3. The third-order valence-corrected chi connectivity index (χ3v) is 4.70. The summed E-state index contributed by atoms with van der Waals surface area (Å²) in [5, 5.41) is 6.54. The molecule has 1 aliphatic heterocycles. The second-order valence-corrected chi connectivity index (χ2v) is 6.71. The van der Waals surface area contributed by atoms with Gasteiger partial charge in [-0.2, -0.15) is 0 Å². The molecule has 1 aromatic heterocycles. The molecule has 0 saturated carbocycles. The molecule has 5 N–H and O–H groups in total. The summed E-state index contributed by atoms with van der Waals surface area (Å²) in [5.41, 5.74) is 10.00. The number of aromatic amines is 1. The van der Waals surface area contributed by atoms with E-state index < -0.39 is 6.04 Å². The van der Waals surface area contributed by atoms with Crippen LogP contribution in [0, 0.1) is 0 Å². The molecule has 2 amide bonds. The third kappa shape index (κ3) is 3.12.